The molecule has 1 aromatic heterocycles. The third kappa shape index (κ3) is 3.54. The van der Waals surface area contributed by atoms with E-state index in [0.29, 0.717) is 6.04 Å². The van der Waals surface area contributed by atoms with Gasteiger partial charge in [-0.15, -0.1) is 0 Å². The Morgan fingerprint density at radius 2 is 2.21 bits per heavy atom. The third-order valence-corrected chi connectivity index (χ3v) is 4.09. The zero-order chi connectivity index (χ0) is 13.1. The highest BCUT2D eigenvalue weighted by Gasteiger charge is 2.31. The fourth-order valence-corrected chi connectivity index (χ4v) is 2.82. The molecule has 1 saturated carbocycles. The Morgan fingerprint density at radius 3 is 2.84 bits per heavy atom. The second kappa shape index (κ2) is 6.01. The summed E-state index contributed by atoms with van der Waals surface area (Å²) in [5.41, 5.74) is 0. The largest absolute Gasteiger partial charge is 0.339 e. The standard InChI is InChI=1S/C14H24N4O/c1-2-14-16-13(17-19-14)10-18(12-6-7-12)9-11-5-3-4-8-15-11/h11-12,15H,2-10H2,1H3. The number of hydrogen-bond acceptors (Lipinski definition) is 5. The number of nitrogens with zero attached hydrogens (tertiary/aromatic N) is 3. The molecule has 1 aromatic rings. The van der Waals surface area contributed by atoms with Crippen molar-refractivity contribution in [2.45, 2.75) is 64.1 Å². The van der Waals surface area contributed by atoms with Crippen LogP contribution in [0.1, 0.15) is 50.7 Å². The molecule has 0 amide bonds. The summed E-state index contributed by atoms with van der Waals surface area (Å²) >= 11 is 0. The van der Waals surface area contributed by atoms with Crippen LogP contribution in [0.5, 0.6) is 0 Å². The fraction of sp³-hybridized carbons (Fsp3) is 0.857. The molecular formula is C14H24N4O. The first-order valence-corrected chi connectivity index (χ1v) is 7.64. The van der Waals surface area contributed by atoms with Gasteiger partial charge in [-0.2, -0.15) is 4.98 Å². The Hall–Kier alpha value is -0.940. The summed E-state index contributed by atoms with van der Waals surface area (Å²) in [5, 5.41) is 7.71. The smallest absolute Gasteiger partial charge is 0.226 e. The molecule has 2 heterocycles. The minimum absolute atomic E-state index is 0.645. The van der Waals surface area contributed by atoms with Crippen molar-refractivity contribution in [3.63, 3.8) is 0 Å². The number of aromatic nitrogens is 2. The molecule has 0 radical (unpaired) electrons. The zero-order valence-electron chi connectivity index (χ0n) is 11.8. The number of nitrogens with one attached hydrogen (secondary N) is 1. The van der Waals surface area contributed by atoms with E-state index in [2.05, 4.69) is 20.4 Å². The lowest BCUT2D eigenvalue weighted by Gasteiger charge is -2.29. The van der Waals surface area contributed by atoms with Crippen LogP contribution in [0.3, 0.4) is 0 Å². The van der Waals surface area contributed by atoms with Crippen LogP contribution in [-0.2, 0) is 13.0 Å². The van der Waals surface area contributed by atoms with Gasteiger partial charge >= 0.3 is 0 Å². The number of rotatable bonds is 6. The molecule has 2 aliphatic rings. The van der Waals surface area contributed by atoms with Crippen LogP contribution < -0.4 is 5.32 Å². The summed E-state index contributed by atoms with van der Waals surface area (Å²) in [5.74, 6) is 1.60. The molecule has 0 aromatic carbocycles. The summed E-state index contributed by atoms with van der Waals surface area (Å²) in [6.45, 7) is 5.18. The minimum atomic E-state index is 0.645. The quantitative estimate of drug-likeness (QED) is 0.848. The van der Waals surface area contributed by atoms with E-state index < -0.39 is 0 Å². The molecule has 5 nitrogen and oxygen atoms in total. The molecular weight excluding hydrogens is 240 g/mol. The second-order valence-corrected chi connectivity index (χ2v) is 5.77. The normalized spacial score (nSPS) is 24.0. The lowest BCUT2D eigenvalue weighted by Crippen LogP contribution is -2.44. The van der Waals surface area contributed by atoms with Crippen molar-refractivity contribution >= 4 is 0 Å². The number of aryl methyl sites for hydroxylation is 1. The zero-order valence-corrected chi connectivity index (χ0v) is 11.8. The second-order valence-electron chi connectivity index (χ2n) is 5.77. The Morgan fingerprint density at radius 1 is 1.32 bits per heavy atom. The molecule has 1 aliphatic carbocycles. The Bertz CT molecular complexity index is 396. The predicted octanol–water partition coefficient (Wildman–Crippen LogP) is 1.74. The highest BCUT2D eigenvalue weighted by Crippen LogP contribution is 2.28. The van der Waals surface area contributed by atoms with Crippen molar-refractivity contribution in [1.82, 2.24) is 20.4 Å². The van der Waals surface area contributed by atoms with E-state index in [1.807, 2.05) is 6.92 Å². The van der Waals surface area contributed by atoms with Crippen molar-refractivity contribution in [2.75, 3.05) is 13.1 Å². The van der Waals surface area contributed by atoms with Gasteiger partial charge in [0, 0.05) is 25.0 Å². The molecule has 0 bridgehead atoms. The average molecular weight is 264 g/mol. The van der Waals surface area contributed by atoms with Gasteiger partial charge in [0.05, 0.1) is 6.54 Å². The first-order chi connectivity index (χ1) is 9.35. The topological polar surface area (TPSA) is 54.2 Å². The lowest BCUT2D eigenvalue weighted by atomic mass is 10.0. The third-order valence-electron chi connectivity index (χ3n) is 4.09. The van der Waals surface area contributed by atoms with Crippen LogP contribution in [0, 0.1) is 0 Å². The van der Waals surface area contributed by atoms with Crippen molar-refractivity contribution in [3.05, 3.63) is 11.7 Å². The predicted molar refractivity (Wildman–Crippen MR) is 72.7 cm³/mol. The van der Waals surface area contributed by atoms with E-state index >= 15 is 0 Å². The molecule has 106 valence electrons. The van der Waals surface area contributed by atoms with Gasteiger partial charge < -0.3 is 9.84 Å². The summed E-state index contributed by atoms with van der Waals surface area (Å²) in [6, 6.07) is 1.39. The van der Waals surface area contributed by atoms with Crippen LogP contribution in [0.2, 0.25) is 0 Å². The molecule has 19 heavy (non-hydrogen) atoms. The summed E-state index contributed by atoms with van der Waals surface area (Å²) < 4.78 is 5.20. The van der Waals surface area contributed by atoms with Crippen molar-refractivity contribution in [3.8, 4) is 0 Å². The molecule has 1 N–H and O–H groups in total. The molecule has 5 heteroatoms. The summed E-state index contributed by atoms with van der Waals surface area (Å²) in [7, 11) is 0. The summed E-state index contributed by atoms with van der Waals surface area (Å²) in [4.78, 5) is 6.97. The first kappa shape index (κ1) is 13.1. The van der Waals surface area contributed by atoms with E-state index in [4.69, 9.17) is 4.52 Å². The van der Waals surface area contributed by atoms with Crippen LogP contribution in [0.15, 0.2) is 4.52 Å². The van der Waals surface area contributed by atoms with Crippen LogP contribution in [0.4, 0.5) is 0 Å². The number of hydrogen-bond donors (Lipinski definition) is 1. The summed E-state index contributed by atoms with van der Waals surface area (Å²) in [6.07, 6.45) is 7.45. The Balaban J connectivity index is 1.57. The molecule has 1 aliphatic heterocycles. The van der Waals surface area contributed by atoms with E-state index in [1.165, 1.54) is 38.6 Å². The van der Waals surface area contributed by atoms with Crippen LogP contribution in [-0.4, -0.2) is 40.2 Å². The SMILES string of the molecule is CCc1nc(CN(CC2CCCCN2)C2CC2)no1. The highest BCUT2D eigenvalue weighted by atomic mass is 16.5. The molecule has 1 saturated heterocycles. The highest BCUT2D eigenvalue weighted by molar-refractivity contribution is 4.93. The molecule has 1 unspecified atom stereocenters. The molecule has 1 atom stereocenters. The fourth-order valence-electron chi connectivity index (χ4n) is 2.82. The van der Waals surface area contributed by atoms with Gasteiger partial charge in [-0.3, -0.25) is 4.90 Å². The van der Waals surface area contributed by atoms with E-state index in [-0.39, 0.29) is 0 Å². The van der Waals surface area contributed by atoms with Crippen molar-refractivity contribution < 1.29 is 4.52 Å². The first-order valence-electron chi connectivity index (χ1n) is 7.64. The maximum absolute atomic E-state index is 5.20. The van der Waals surface area contributed by atoms with E-state index in [9.17, 15) is 0 Å². The van der Waals surface area contributed by atoms with Gasteiger partial charge in [0.2, 0.25) is 5.89 Å². The Labute approximate surface area is 114 Å². The van der Waals surface area contributed by atoms with Gasteiger partial charge in [0.1, 0.15) is 0 Å². The van der Waals surface area contributed by atoms with Gasteiger partial charge in [-0.25, -0.2) is 0 Å². The van der Waals surface area contributed by atoms with E-state index in [1.54, 1.807) is 0 Å². The monoisotopic (exact) mass is 264 g/mol. The maximum atomic E-state index is 5.20. The number of piperidine rings is 1. The molecule has 2 fully saturated rings. The minimum Gasteiger partial charge on any atom is -0.339 e. The van der Waals surface area contributed by atoms with Crippen LogP contribution in [0.25, 0.3) is 0 Å². The van der Waals surface area contributed by atoms with Crippen molar-refractivity contribution in [2.24, 2.45) is 0 Å². The van der Waals surface area contributed by atoms with E-state index in [0.717, 1.165) is 37.3 Å². The molecule has 3 rings (SSSR count). The van der Waals surface area contributed by atoms with Crippen LogP contribution >= 0.6 is 0 Å². The maximum Gasteiger partial charge on any atom is 0.226 e. The van der Waals surface area contributed by atoms with Crippen molar-refractivity contribution in [1.29, 1.82) is 0 Å². The van der Waals surface area contributed by atoms with Gasteiger partial charge in [0.25, 0.3) is 0 Å². The molecule has 0 spiro atoms. The van der Waals surface area contributed by atoms with Gasteiger partial charge in [-0.05, 0) is 32.2 Å². The van der Waals surface area contributed by atoms with Gasteiger partial charge in [0.15, 0.2) is 5.82 Å². The lowest BCUT2D eigenvalue weighted by molar-refractivity contribution is 0.201. The van der Waals surface area contributed by atoms with Gasteiger partial charge in [-0.1, -0.05) is 18.5 Å². The average Bonchev–Trinajstić information content (AvgIpc) is 3.20. The Kier molecular flexibility index (Phi) is 4.13.